The largest absolute Gasteiger partial charge is 0.488 e. The molecule has 3 aromatic rings. The van der Waals surface area contributed by atoms with E-state index in [1.54, 1.807) is 6.08 Å². The maximum atomic E-state index is 13.1. The molecule has 0 radical (unpaired) electrons. The van der Waals surface area contributed by atoms with Crippen molar-refractivity contribution < 1.29 is 18.7 Å². The normalized spacial score (nSPS) is 14.6. The number of esters is 1. The van der Waals surface area contributed by atoms with Crippen molar-refractivity contribution in [1.82, 2.24) is 0 Å². The van der Waals surface area contributed by atoms with E-state index in [9.17, 15) is 9.18 Å². The van der Waals surface area contributed by atoms with Gasteiger partial charge in [-0.25, -0.2) is 14.2 Å². The van der Waals surface area contributed by atoms with Gasteiger partial charge in [-0.15, -0.1) is 0 Å². The van der Waals surface area contributed by atoms with Crippen molar-refractivity contribution in [1.29, 1.82) is 0 Å². The van der Waals surface area contributed by atoms with Gasteiger partial charge in [0.1, 0.15) is 18.2 Å². The molecule has 0 bridgehead atoms. The lowest BCUT2D eigenvalue weighted by Gasteiger charge is -2.09. The van der Waals surface area contributed by atoms with Crippen LogP contribution in [0.1, 0.15) is 22.3 Å². The van der Waals surface area contributed by atoms with Gasteiger partial charge in [-0.2, -0.15) is 0 Å². The first-order valence-electron chi connectivity index (χ1n) is 9.14. The van der Waals surface area contributed by atoms with Crippen LogP contribution in [0, 0.1) is 12.7 Å². The molecule has 0 unspecified atom stereocenters. The molecule has 1 heterocycles. The van der Waals surface area contributed by atoms with E-state index >= 15 is 0 Å². The topological polar surface area (TPSA) is 47.9 Å². The van der Waals surface area contributed by atoms with Crippen LogP contribution in [0.5, 0.6) is 5.75 Å². The molecule has 29 heavy (non-hydrogen) atoms. The Morgan fingerprint density at radius 1 is 1.00 bits per heavy atom. The Morgan fingerprint density at radius 2 is 1.72 bits per heavy atom. The Hall–Kier alpha value is -3.73. The Bertz CT molecular complexity index is 1100. The van der Waals surface area contributed by atoms with E-state index in [0.29, 0.717) is 17.9 Å². The monoisotopic (exact) mass is 387 g/mol. The van der Waals surface area contributed by atoms with E-state index in [1.807, 2.05) is 55.5 Å². The fourth-order valence-corrected chi connectivity index (χ4v) is 2.85. The molecular formula is C24H18FNO3. The van der Waals surface area contributed by atoms with Gasteiger partial charge in [0.25, 0.3) is 0 Å². The van der Waals surface area contributed by atoms with E-state index in [1.165, 1.54) is 29.8 Å². The Balaban J connectivity index is 1.56. The van der Waals surface area contributed by atoms with E-state index in [-0.39, 0.29) is 17.4 Å². The lowest BCUT2D eigenvalue weighted by atomic mass is 10.1. The molecule has 0 N–H and O–H groups in total. The summed E-state index contributed by atoms with van der Waals surface area (Å²) in [6.07, 6.45) is 1.63. The summed E-state index contributed by atoms with van der Waals surface area (Å²) >= 11 is 0. The summed E-state index contributed by atoms with van der Waals surface area (Å²) in [6, 6.07) is 21.1. The molecule has 0 aliphatic carbocycles. The van der Waals surface area contributed by atoms with Gasteiger partial charge in [-0.05, 0) is 48.9 Å². The van der Waals surface area contributed by atoms with Crippen LogP contribution in [-0.4, -0.2) is 11.9 Å². The maximum absolute atomic E-state index is 13.1. The van der Waals surface area contributed by atoms with Crippen LogP contribution in [0.25, 0.3) is 6.08 Å². The maximum Gasteiger partial charge on any atom is 0.363 e. The molecule has 0 aromatic heterocycles. The number of halogens is 1. The number of benzene rings is 3. The lowest BCUT2D eigenvalue weighted by Crippen LogP contribution is -2.05. The molecule has 1 aliphatic rings. The zero-order chi connectivity index (χ0) is 20.2. The van der Waals surface area contributed by atoms with Crippen molar-refractivity contribution in [2.75, 3.05) is 0 Å². The summed E-state index contributed by atoms with van der Waals surface area (Å²) < 4.78 is 24.3. The predicted octanol–water partition coefficient (Wildman–Crippen LogP) is 5.06. The Kier molecular flexibility index (Phi) is 5.20. The third kappa shape index (κ3) is 4.41. The van der Waals surface area contributed by atoms with Crippen LogP contribution in [0.4, 0.5) is 4.39 Å². The molecule has 144 valence electrons. The van der Waals surface area contributed by atoms with Gasteiger partial charge in [-0.3, -0.25) is 0 Å². The number of para-hydroxylation sites is 1. The number of aliphatic imine (C=N–C) groups is 1. The van der Waals surface area contributed by atoms with Gasteiger partial charge in [0.15, 0.2) is 5.70 Å². The smallest absolute Gasteiger partial charge is 0.363 e. The number of cyclic esters (lactones) is 1. The van der Waals surface area contributed by atoms with Gasteiger partial charge >= 0.3 is 5.97 Å². The van der Waals surface area contributed by atoms with Gasteiger partial charge in [-0.1, -0.05) is 48.0 Å². The minimum absolute atomic E-state index is 0.152. The van der Waals surface area contributed by atoms with Crippen molar-refractivity contribution in [3.05, 3.63) is 107 Å². The van der Waals surface area contributed by atoms with Crippen LogP contribution in [0.15, 0.2) is 83.5 Å². The zero-order valence-electron chi connectivity index (χ0n) is 15.8. The molecule has 0 atom stereocenters. The SMILES string of the molecule is Cc1ccc(COc2ccccc2C=C2N=C(c3ccc(F)cc3)OC2=O)cc1. The van der Waals surface area contributed by atoms with Crippen LogP contribution in [-0.2, 0) is 16.1 Å². The van der Waals surface area contributed by atoms with Crippen molar-refractivity contribution in [3.63, 3.8) is 0 Å². The molecule has 0 saturated heterocycles. The van der Waals surface area contributed by atoms with Crippen LogP contribution >= 0.6 is 0 Å². The molecule has 0 fully saturated rings. The van der Waals surface area contributed by atoms with Crippen molar-refractivity contribution in [3.8, 4) is 5.75 Å². The fraction of sp³-hybridized carbons (Fsp3) is 0.0833. The van der Waals surface area contributed by atoms with Crippen LogP contribution in [0.3, 0.4) is 0 Å². The van der Waals surface area contributed by atoms with E-state index in [0.717, 1.165) is 11.1 Å². The molecule has 0 amide bonds. The Morgan fingerprint density at radius 3 is 2.48 bits per heavy atom. The number of nitrogens with zero attached hydrogens (tertiary/aromatic N) is 1. The van der Waals surface area contributed by atoms with Crippen LogP contribution < -0.4 is 4.74 Å². The van der Waals surface area contributed by atoms with E-state index < -0.39 is 5.97 Å². The zero-order valence-corrected chi connectivity index (χ0v) is 15.8. The first-order chi connectivity index (χ1) is 14.1. The lowest BCUT2D eigenvalue weighted by molar-refractivity contribution is -0.129. The number of carbonyl (C=O) groups excluding carboxylic acids is 1. The average Bonchev–Trinajstić information content (AvgIpc) is 3.09. The molecular weight excluding hydrogens is 369 g/mol. The third-order valence-corrected chi connectivity index (χ3v) is 4.44. The number of hydrogen-bond acceptors (Lipinski definition) is 4. The van der Waals surface area contributed by atoms with Crippen LogP contribution in [0.2, 0.25) is 0 Å². The second kappa shape index (κ2) is 8.10. The molecule has 5 heteroatoms. The Labute approximate surface area is 167 Å². The molecule has 0 saturated carbocycles. The highest BCUT2D eigenvalue weighted by atomic mass is 19.1. The predicted molar refractivity (Wildman–Crippen MR) is 109 cm³/mol. The van der Waals surface area contributed by atoms with Gasteiger partial charge < -0.3 is 9.47 Å². The average molecular weight is 387 g/mol. The molecule has 1 aliphatic heterocycles. The molecule has 4 rings (SSSR count). The highest BCUT2D eigenvalue weighted by molar-refractivity contribution is 6.12. The van der Waals surface area contributed by atoms with Crippen molar-refractivity contribution in [2.24, 2.45) is 4.99 Å². The summed E-state index contributed by atoms with van der Waals surface area (Å²) in [4.78, 5) is 16.5. The molecule has 3 aromatic carbocycles. The number of ether oxygens (including phenoxy) is 2. The minimum atomic E-state index is -0.558. The standard InChI is InChI=1S/C24H18FNO3/c1-16-6-8-17(9-7-16)15-28-22-5-3-2-4-19(22)14-21-24(27)29-23(26-21)18-10-12-20(25)13-11-18/h2-14H,15H2,1H3. The summed E-state index contributed by atoms with van der Waals surface area (Å²) in [7, 11) is 0. The third-order valence-electron chi connectivity index (χ3n) is 4.44. The molecule has 0 spiro atoms. The summed E-state index contributed by atoms with van der Waals surface area (Å²) in [5.41, 5.74) is 3.65. The van der Waals surface area contributed by atoms with E-state index in [4.69, 9.17) is 9.47 Å². The van der Waals surface area contributed by atoms with Crippen molar-refractivity contribution in [2.45, 2.75) is 13.5 Å². The second-order valence-electron chi connectivity index (χ2n) is 6.66. The second-order valence-corrected chi connectivity index (χ2v) is 6.66. The first kappa shape index (κ1) is 18.6. The minimum Gasteiger partial charge on any atom is -0.488 e. The van der Waals surface area contributed by atoms with Gasteiger partial charge in [0.2, 0.25) is 5.90 Å². The van der Waals surface area contributed by atoms with Crippen molar-refractivity contribution >= 4 is 17.9 Å². The highest BCUT2D eigenvalue weighted by Crippen LogP contribution is 2.25. The first-order valence-corrected chi connectivity index (χ1v) is 9.14. The quantitative estimate of drug-likeness (QED) is 0.454. The summed E-state index contributed by atoms with van der Waals surface area (Å²) in [5.74, 6) is -0.134. The fourth-order valence-electron chi connectivity index (χ4n) is 2.85. The molecule has 4 nitrogen and oxygen atoms in total. The summed E-state index contributed by atoms with van der Waals surface area (Å²) in [6.45, 7) is 2.45. The van der Waals surface area contributed by atoms with E-state index in [2.05, 4.69) is 4.99 Å². The number of rotatable bonds is 5. The number of aryl methyl sites for hydroxylation is 1. The highest BCUT2D eigenvalue weighted by Gasteiger charge is 2.24. The summed E-state index contributed by atoms with van der Waals surface area (Å²) in [5, 5.41) is 0. The van der Waals surface area contributed by atoms with Gasteiger partial charge in [0.05, 0.1) is 0 Å². The van der Waals surface area contributed by atoms with Gasteiger partial charge in [0, 0.05) is 11.1 Å². The number of hydrogen-bond donors (Lipinski definition) is 0. The number of carbonyl (C=O) groups is 1.